The van der Waals surface area contributed by atoms with Crippen molar-refractivity contribution in [3.63, 3.8) is 0 Å². The van der Waals surface area contributed by atoms with Crippen LogP contribution >= 0.6 is 11.6 Å². The van der Waals surface area contributed by atoms with Crippen LogP contribution in [-0.4, -0.2) is 33.9 Å². The maximum atomic E-state index is 11.6. The van der Waals surface area contributed by atoms with Crippen LogP contribution in [0.2, 0.25) is 5.02 Å². The number of benzene rings is 1. The van der Waals surface area contributed by atoms with Crippen molar-refractivity contribution in [3.8, 4) is 11.5 Å². The highest BCUT2D eigenvalue weighted by molar-refractivity contribution is 7.90. The van der Waals surface area contributed by atoms with Crippen LogP contribution in [0.3, 0.4) is 0 Å². The molecule has 7 heteroatoms. The quantitative estimate of drug-likeness (QED) is 0.915. The summed E-state index contributed by atoms with van der Waals surface area (Å²) < 4.78 is 34.4. The number of rotatable bonds is 3. The predicted molar refractivity (Wildman–Crippen MR) is 72.7 cm³/mol. The van der Waals surface area contributed by atoms with Crippen LogP contribution in [0.15, 0.2) is 17.0 Å². The zero-order valence-electron chi connectivity index (χ0n) is 10.7. The van der Waals surface area contributed by atoms with Gasteiger partial charge in [-0.3, -0.25) is 0 Å². The lowest BCUT2D eigenvalue weighted by Crippen LogP contribution is -2.38. The lowest BCUT2D eigenvalue weighted by Gasteiger charge is -2.30. The summed E-state index contributed by atoms with van der Waals surface area (Å²) in [6.45, 7) is 2.76. The van der Waals surface area contributed by atoms with Crippen molar-refractivity contribution in [2.75, 3.05) is 19.4 Å². The molecule has 5 nitrogen and oxygen atoms in total. The van der Waals surface area contributed by atoms with Crippen molar-refractivity contribution in [2.45, 2.75) is 17.9 Å². The third kappa shape index (κ3) is 2.96. The third-order valence-electron chi connectivity index (χ3n) is 3.09. The second-order valence-electron chi connectivity index (χ2n) is 4.68. The van der Waals surface area contributed by atoms with Crippen LogP contribution < -0.4 is 15.2 Å². The Labute approximate surface area is 117 Å². The first-order valence-electron chi connectivity index (χ1n) is 5.86. The van der Waals surface area contributed by atoms with E-state index in [1.807, 2.05) is 6.92 Å². The number of nitrogens with two attached hydrogens (primary N) is 1. The highest BCUT2D eigenvalue weighted by Gasteiger charge is 2.28. The Balaban J connectivity index is 2.40. The molecule has 1 aromatic carbocycles. The Morgan fingerprint density at radius 3 is 2.79 bits per heavy atom. The normalized spacial score (nSPS) is 20.1. The van der Waals surface area contributed by atoms with Crippen LogP contribution in [0.5, 0.6) is 11.5 Å². The Morgan fingerprint density at radius 1 is 1.53 bits per heavy atom. The number of ether oxygens (including phenoxy) is 2. The van der Waals surface area contributed by atoms with E-state index in [4.69, 9.17) is 26.8 Å². The lowest BCUT2D eigenvalue weighted by molar-refractivity contribution is 0.0558. The molecule has 0 saturated carbocycles. The standard InChI is InChI=1S/C12H16ClNO4S/c1-7(5-14)11-6-17-12-9(13)3-8(19(2,15)16)4-10(12)18-11/h3-4,7,11H,5-6,14H2,1-2H3/t7?,11-/m1/s1. The number of fused-ring (bicyclic) bond motifs is 1. The fourth-order valence-electron chi connectivity index (χ4n) is 1.78. The zero-order chi connectivity index (χ0) is 14.2. The van der Waals surface area contributed by atoms with Crippen molar-refractivity contribution in [1.29, 1.82) is 0 Å². The van der Waals surface area contributed by atoms with Crippen molar-refractivity contribution in [1.82, 2.24) is 0 Å². The highest BCUT2D eigenvalue weighted by atomic mass is 35.5. The third-order valence-corrected chi connectivity index (χ3v) is 4.46. The summed E-state index contributed by atoms with van der Waals surface area (Å²) in [5, 5.41) is 0.233. The predicted octanol–water partition coefficient (Wildman–Crippen LogP) is 1.48. The summed E-state index contributed by atoms with van der Waals surface area (Å²) in [6.07, 6.45) is 0.915. The molecule has 0 bridgehead atoms. The van der Waals surface area contributed by atoms with Crippen LogP contribution in [-0.2, 0) is 9.84 Å². The van der Waals surface area contributed by atoms with Crippen molar-refractivity contribution >= 4 is 21.4 Å². The van der Waals surface area contributed by atoms with Gasteiger partial charge in [-0.2, -0.15) is 0 Å². The maximum Gasteiger partial charge on any atom is 0.180 e. The molecule has 0 aromatic heterocycles. The molecule has 1 aliphatic rings. The first kappa shape index (κ1) is 14.4. The maximum absolute atomic E-state index is 11.6. The van der Waals surface area contributed by atoms with Crippen molar-refractivity contribution in [3.05, 3.63) is 17.2 Å². The number of hydrogen-bond donors (Lipinski definition) is 1. The minimum absolute atomic E-state index is 0.105. The molecule has 1 heterocycles. The average molecular weight is 306 g/mol. The van der Waals surface area contributed by atoms with Gasteiger partial charge in [-0.25, -0.2) is 8.42 Å². The van der Waals surface area contributed by atoms with Gasteiger partial charge in [-0.1, -0.05) is 18.5 Å². The average Bonchev–Trinajstić information content (AvgIpc) is 2.36. The van der Waals surface area contributed by atoms with E-state index in [0.717, 1.165) is 6.26 Å². The van der Waals surface area contributed by atoms with E-state index in [1.54, 1.807) is 0 Å². The van der Waals surface area contributed by atoms with Gasteiger partial charge in [0.25, 0.3) is 0 Å². The first-order valence-corrected chi connectivity index (χ1v) is 8.13. The van der Waals surface area contributed by atoms with Gasteiger partial charge >= 0.3 is 0 Å². The Kier molecular flexibility index (Phi) is 3.94. The van der Waals surface area contributed by atoms with E-state index >= 15 is 0 Å². The molecular weight excluding hydrogens is 290 g/mol. The SMILES string of the molecule is CC(CN)[C@H]1COc2c(Cl)cc(S(C)(=O)=O)cc2O1. The molecule has 0 aliphatic carbocycles. The van der Waals surface area contributed by atoms with Crippen LogP contribution in [0, 0.1) is 5.92 Å². The minimum Gasteiger partial charge on any atom is -0.484 e. The molecule has 1 unspecified atom stereocenters. The van der Waals surface area contributed by atoms with Gasteiger partial charge in [-0.05, 0) is 12.6 Å². The molecule has 0 amide bonds. The van der Waals surface area contributed by atoms with Crippen molar-refractivity contribution < 1.29 is 17.9 Å². The molecule has 2 N–H and O–H groups in total. The number of hydrogen-bond acceptors (Lipinski definition) is 5. The molecule has 2 atom stereocenters. The van der Waals surface area contributed by atoms with E-state index in [1.165, 1.54) is 12.1 Å². The summed E-state index contributed by atoms with van der Waals surface area (Å²) >= 11 is 6.02. The monoisotopic (exact) mass is 305 g/mol. The van der Waals surface area contributed by atoms with Gasteiger partial charge in [0.1, 0.15) is 12.7 Å². The van der Waals surface area contributed by atoms with E-state index in [2.05, 4.69) is 0 Å². The van der Waals surface area contributed by atoms with Crippen LogP contribution in [0.1, 0.15) is 6.92 Å². The highest BCUT2D eigenvalue weighted by Crippen LogP contribution is 2.41. The second-order valence-corrected chi connectivity index (χ2v) is 7.11. The summed E-state index contributed by atoms with van der Waals surface area (Å²) in [5.74, 6) is 0.841. The van der Waals surface area contributed by atoms with Crippen molar-refractivity contribution in [2.24, 2.45) is 11.7 Å². The summed E-state index contributed by atoms with van der Waals surface area (Å²) in [5.41, 5.74) is 5.59. The van der Waals surface area contributed by atoms with Gasteiger partial charge in [0.05, 0.1) is 9.92 Å². The molecule has 2 rings (SSSR count). The van der Waals surface area contributed by atoms with Crippen LogP contribution in [0.25, 0.3) is 0 Å². The topological polar surface area (TPSA) is 78.6 Å². The molecule has 1 aliphatic heterocycles. The number of halogens is 1. The molecule has 1 aromatic rings. The fourth-order valence-corrected chi connectivity index (χ4v) is 2.76. The zero-order valence-corrected chi connectivity index (χ0v) is 12.3. The smallest absolute Gasteiger partial charge is 0.180 e. The molecule has 0 spiro atoms. The van der Waals surface area contributed by atoms with E-state index < -0.39 is 9.84 Å². The molecule has 106 valence electrons. The molecule has 0 radical (unpaired) electrons. The van der Waals surface area contributed by atoms with E-state index in [9.17, 15) is 8.42 Å². The van der Waals surface area contributed by atoms with Gasteiger partial charge in [0.15, 0.2) is 21.3 Å². The fraction of sp³-hybridized carbons (Fsp3) is 0.500. The largest absolute Gasteiger partial charge is 0.484 e. The molecular formula is C12H16ClNO4S. The Bertz CT molecular complexity index is 588. The Morgan fingerprint density at radius 2 is 2.21 bits per heavy atom. The summed E-state index contributed by atoms with van der Waals surface area (Å²) in [4.78, 5) is 0.112. The summed E-state index contributed by atoms with van der Waals surface area (Å²) in [6, 6.07) is 2.80. The van der Waals surface area contributed by atoms with Gasteiger partial charge in [0, 0.05) is 18.2 Å². The molecule has 19 heavy (non-hydrogen) atoms. The van der Waals surface area contributed by atoms with Gasteiger partial charge in [-0.15, -0.1) is 0 Å². The van der Waals surface area contributed by atoms with Crippen LogP contribution in [0.4, 0.5) is 0 Å². The first-order chi connectivity index (χ1) is 8.82. The second kappa shape index (κ2) is 5.19. The Hall–Kier alpha value is -0.980. The van der Waals surface area contributed by atoms with Gasteiger partial charge < -0.3 is 15.2 Å². The number of sulfone groups is 1. The lowest BCUT2D eigenvalue weighted by atomic mass is 10.1. The summed E-state index contributed by atoms with van der Waals surface area (Å²) in [7, 11) is -3.35. The minimum atomic E-state index is -3.35. The van der Waals surface area contributed by atoms with E-state index in [-0.39, 0.29) is 21.9 Å². The molecule has 0 saturated heterocycles. The van der Waals surface area contributed by atoms with E-state index in [0.29, 0.717) is 24.7 Å². The molecule has 0 fully saturated rings. The van der Waals surface area contributed by atoms with Gasteiger partial charge in [0.2, 0.25) is 0 Å².